The molecule has 4 aromatic rings. The average Bonchev–Trinajstić information content (AvgIpc) is 3.06. The lowest BCUT2D eigenvalue weighted by Crippen LogP contribution is -2.53. The Kier molecular flexibility index (Phi) is 11.9. The Hall–Kier alpha value is -4.05. The topological polar surface area (TPSA) is 96.0 Å². The first-order valence-corrected chi connectivity index (χ1v) is 16.6. The van der Waals surface area contributed by atoms with Gasteiger partial charge in [-0.15, -0.1) is 0 Å². The monoisotopic (exact) mass is 667 g/mol. The van der Waals surface area contributed by atoms with Gasteiger partial charge in [-0.1, -0.05) is 90.8 Å². The summed E-state index contributed by atoms with van der Waals surface area (Å²) < 4.78 is 34.5. The number of benzene rings is 4. The zero-order valence-corrected chi connectivity index (χ0v) is 27.4. The second-order valence-electron chi connectivity index (χ2n) is 10.3. The standard InChI is InChI=1S/C34H35Cl2N3O5S/c1-3-19-37-34(41)32(21-25-11-6-4-7-12-25)38(23-26-13-10-14-28(20-26)44-2)33(40)24-39(27-17-18-30(35)31(36)22-27)45(42,43)29-15-8-5-9-16-29/h4-18,20,22,32H,3,19,21,23-24H2,1-2H3,(H,37,41). The highest BCUT2D eigenvalue weighted by Crippen LogP contribution is 2.31. The molecule has 8 nitrogen and oxygen atoms in total. The van der Waals surface area contributed by atoms with E-state index in [0.717, 1.165) is 9.87 Å². The number of sulfonamides is 1. The molecule has 0 aliphatic heterocycles. The van der Waals surface area contributed by atoms with Crippen molar-refractivity contribution in [2.24, 2.45) is 0 Å². The molecule has 45 heavy (non-hydrogen) atoms. The van der Waals surface area contributed by atoms with Crippen LogP contribution in [-0.2, 0) is 32.6 Å². The quantitative estimate of drug-likeness (QED) is 0.169. The molecule has 0 spiro atoms. The van der Waals surface area contributed by atoms with Crippen LogP contribution >= 0.6 is 23.2 Å². The molecule has 0 saturated carbocycles. The van der Waals surface area contributed by atoms with Crippen molar-refractivity contribution in [1.82, 2.24) is 10.2 Å². The largest absolute Gasteiger partial charge is 0.497 e. The molecule has 1 N–H and O–H groups in total. The lowest BCUT2D eigenvalue weighted by molar-refractivity contribution is -0.140. The van der Waals surface area contributed by atoms with Gasteiger partial charge >= 0.3 is 0 Å². The van der Waals surface area contributed by atoms with E-state index in [0.29, 0.717) is 24.3 Å². The van der Waals surface area contributed by atoms with Crippen LogP contribution in [0.15, 0.2) is 108 Å². The number of amides is 2. The summed E-state index contributed by atoms with van der Waals surface area (Å²) >= 11 is 12.5. The fraction of sp³-hybridized carbons (Fsp3) is 0.235. The number of carbonyl (C=O) groups is 2. The van der Waals surface area contributed by atoms with E-state index in [4.69, 9.17) is 27.9 Å². The third-order valence-corrected chi connectivity index (χ3v) is 9.64. The lowest BCUT2D eigenvalue weighted by atomic mass is 10.0. The highest BCUT2D eigenvalue weighted by atomic mass is 35.5. The summed E-state index contributed by atoms with van der Waals surface area (Å²) in [4.78, 5) is 29.6. The molecule has 11 heteroatoms. The van der Waals surface area contributed by atoms with E-state index < -0.39 is 28.5 Å². The van der Waals surface area contributed by atoms with Gasteiger partial charge in [0.05, 0.1) is 27.7 Å². The third kappa shape index (κ3) is 8.78. The highest BCUT2D eigenvalue weighted by molar-refractivity contribution is 7.92. The summed E-state index contributed by atoms with van der Waals surface area (Å²) in [5, 5.41) is 3.29. The Morgan fingerprint density at radius 1 is 0.844 bits per heavy atom. The van der Waals surface area contributed by atoms with Crippen molar-refractivity contribution in [3.05, 3.63) is 124 Å². The van der Waals surface area contributed by atoms with Gasteiger partial charge < -0.3 is 15.0 Å². The first-order valence-electron chi connectivity index (χ1n) is 14.4. The molecule has 0 saturated heterocycles. The first-order chi connectivity index (χ1) is 21.6. The van der Waals surface area contributed by atoms with Gasteiger partial charge in [-0.25, -0.2) is 8.42 Å². The molecule has 0 heterocycles. The predicted molar refractivity (Wildman–Crippen MR) is 178 cm³/mol. The predicted octanol–water partition coefficient (Wildman–Crippen LogP) is 6.36. The molecule has 236 valence electrons. The van der Waals surface area contributed by atoms with E-state index >= 15 is 0 Å². The molecule has 0 aromatic heterocycles. The van der Waals surface area contributed by atoms with Crippen LogP contribution in [0.5, 0.6) is 5.75 Å². The number of hydrogen-bond acceptors (Lipinski definition) is 5. The lowest BCUT2D eigenvalue weighted by Gasteiger charge is -2.34. The number of nitrogens with zero attached hydrogens (tertiary/aromatic N) is 2. The van der Waals surface area contributed by atoms with Crippen molar-refractivity contribution in [2.45, 2.75) is 37.2 Å². The normalized spacial score (nSPS) is 11.8. The number of carbonyl (C=O) groups excluding carboxylic acids is 2. The first kappa shape index (κ1) is 33.8. The van der Waals surface area contributed by atoms with Crippen LogP contribution in [0.1, 0.15) is 24.5 Å². The van der Waals surface area contributed by atoms with Gasteiger partial charge in [0.1, 0.15) is 18.3 Å². The van der Waals surface area contributed by atoms with Crippen molar-refractivity contribution in [3.8, 4) is 5.75 Å². The minimum absolute atomic E-state index is 0.00950. The second-order valence-corrected chi connectivity index (χ2v) is 13.0. The fourth-order valence-corrected chi connectivity index (χ4v) is 6.50. The Morgan fingerprint density at radius 2 is 1.51 bits per heavy atom. The Morgan fingerprint density at radius 3 is 2.16 bits per heavy atom. The second kappa shape index (κ2) is 15.8. The molecule has 0 aliphatic rings. The Labute approximate surface area is 274 Å². The molecule has 0 aliphatic carbocycles. The molecule has 0 bridgehead atoms. The summed E-state index contributed by atoms with van der Waals surface area (Å²) in [5.74, 6) is -0.348. The summed E-state index contributed by atoms with van der Waals surface area (Å²) in [7, 11) is -2.71. The van der Waals surface area contributed by atoms with Crippen LogP contribution in [0.25, 0.3) is 0 Å². The summed E-state index contributed by atoms with van der Waals surface area (Å²) in [6, 6.07) is 27.8. The van der Waals surface area contributed by atoms with E-state index in [9.17, 15) is 18.0 Å². The van der Waals surface area contributed by atoms with Crippen molar-refractivity contribution in [3.63, 3.8) is 0 Å². The Bertz CT molecular complexity index is 1710. The minimum atomic E-state index is -4.25. The van der Waals surface area contributed by atoms with Crippen LogP contribution in [-0.4, -0.2) is 51.4 Å². The zero-order chi connectivity index (χ0) is 32.4. The van der Waals surface area contributed by atoms with E-state index in [1.165, 1.54) is 35.2 Å². The molecule has 1 atom stereocenters. The SMILES string of the molecule is CCCNC(=O)C(Cc1ccccc1)N(Cc1cccc(OC)c1)C(=O)CN(c1ccc(Cl)c(Cl)c1)S(=O)(=O)c1ccccc1. The van der Waals surface area contributed by atoms with Gasteiger partial charge in [0.15, 0.2) is 0 Å². The molecule has 0 fully saturated rings. The molecule has 2 amide bonds. The minimum Gasteiger partial charge on any atom is -0.497 e. The molecule has 4 rings (SSSR count). The smallest absolute Gasteiger partial charge is 0.264 e. The van der Waals surface area contributed by atoms with Crippen molar-refractivity contribution in [1.29, 1.82) is 0 Å². The highest BCUT2D eigenvalue weighted by Gasteiger charge is 2.34. The molecular weight excluding hydrogens is 633 g/mol. The van der Waals surface area contributed by atoms with Gasteiger partial charge in [-0.05, 0) is 60.0 Å². The fourth-order valence-electron chi connectivity index (χ4n) is 4.78. The van der Waals surface area contributed by atoms with Crippen LogP contribution in [0.3, 0.4) is 0 Å². The maximum Gasteiger partial charge on any atom is 0.264 e. The molecular formula is C34H35Cl2N3O5S. The number of hydrogen-bond donors (Lipinski definition) is 1. The van der Waals surface area contributed by atoms with Crippen LogP contribution in [0.4, 0.5) is 5.69 Å². The Balaban J connectivity index is 1.81. The van der Waals surface area contributed by atoms with Gasteiger partial charge in [-0.3, -0.25) is 13.9 Å². The number of methoxy groups -OCH3 is 1. The number of halogens is 2. The van der Waals surface area contributed by atoms with E-state index in [-0.39, 0.29) is 39.5 Å². The molecule has 1 unspecified atom stereocenters. The van der Waals surface area contributed by atoms with Crippen molar-refractivity contribution in [2.75, 3.05) is 24.5 Å². The van der Waals surface area contributed by atoms with Gasteiger partial charge in [-0.2, -0.15) is 0 Å². The summed E-state index contributed by atoms with van der Waals surface area (Å²) in [6.07, 6.45) is 0.915. The summed E-state index contributed by atoms with van der Waals surface area (Å²) in [6.45, 7) is 1.78. The zero-order valence-electron chi connectivity index (χ0n) is 25.0. The average molecular weight is 669 g/mol. The number of ether oxygens (including phenoxy) is 1. The van der Waals surface area contributed by atoms with Gasteiger partial charge in [0, 0.05) is 19.5 Å². The number of nitrogens with one attached hydrogen (secondary N) is 1. The van der Waals surface area contributed by atoms with Crippen LogP contribution < -0.4 is 14.4 Å². The number of rotatable bonds is 14. The molecule has 4 aromatic carbocycles. The van der Waals surface area contributed by atoms with Crippen molar-refractivity contribution >= 4 is 50.7 Å². The third-order valence-electron chi connectivity index (χ3n) is 7.11. The van der Waals surface area contributed by atoms with Crippen LogP contribution in [0.2, 0.25) is 10.0 Å². The maximum atomic E-state index is 14.5. The summed E-state index contributed by atoms with van der Waals surface area (Å²) in [5.41, 5.74) is 1.70. The van der Waals surface area contributed by atoms with E-state index in [1.54, 1.807) is 43.5 Å². The number of anilines is 1. The van der Waals surface area contributed by atoms with Gasteiger partial charge in [0.2, 0.25) is 11.8 Å². The van der Waals surface area contributed by atoms with Gasteiger partial charge in [0.25, 0.3) is 10.0 Å². The maximum absolute atomic E-state index is 14.5. The van der Waals surface area contributed by atoms with E-state index in [2.05, 4.69) is 5.32 Å². The van der Waals surface area contributed by atoms with Crippen LogP contribution in [0, 0.1) is 0 Å². The molecule has 0 radical (unpaired) electrons. The van der Waals surface area contributed by atoms with E-state index in [1.807, 2.05) is 43.3 Å². The van der Waals surface area contributed by atoms with Crippen molar-refractivity contribution < 1.29 is 22.7 Å².